The van der Waals surface area contributed by atoms with E-state index in [1.807, 2.05) is 24.3 Å². The summed E-state index contributed by atoms with van der Waals surface area (Å²) >= 11 is 3.38. The molecular formula is C20H22BrN3O4. The molecule has 7 nitrogen and oxygen atoms in total. The molecule has 0 spiro atoms. The van der Waals surface area contributed by atoms with E-state index in [2.05, 4.69) is 26.3 Å². The molecule has 1 aliphatic rings. The quantitative estimate of drug-likeness (QED) is 0.708. The summed E-state index contributed by atoms with van der Waals surface area (Å²) in [5.74, 6) is -1.00. The lowest BCUT2D eigenvalue weighted by Gasteiger charge is -2.26. The molecule has 8 heteroatoms. The van der Waals surface area contributed by atoms with E-state index in [4.69, 9.17) is 5.11 Å². The number of nitrogens with zero attached hydrogens (tertiary/aromatic N) is 2. The third-order valence-corrected chi connectivity index (χ3v) is 5.61. The monoisotopic (exact) mass is 447 g/mol. The number of aliphatic carboxylic acids is 1. The third kappa shape index (κ3) is 5.28. The zero-order valence-corrected chi connectivity index (χ0v) is 16.9. The molecule has 1 saturated carbocycles. The highest BCUT2D eigenvalue weighted by Gasteiger charge is 2.26. The van der Waals surface area contributed by atoms with Crippen LogP contribution < -0.4 is 10.9 Å². The number of benzene rings is 1. The number of rotatable bonds is 6. The molecule has 1 aromatic heterocycles. The van der Waals surface area contributed by atoms with Crippen molar-refractivity contribution in [1.29, 1.82) is 0 Å². The molecule has 0 atom stereocenters. The summed E-state index contributed by atoms with van der Waals surface area (Å²) in [6.07, 6.45) is 2.86. The van der Waals surface area contributed by atoms with Crippen LogP contribution in [0.1, 0.15) is 25.7 Å². The maximum Gasteiger partial charge on any atom is 0.306 e. The van der Waals surface area contributed by atoms with E-state index in [0.29, 0.717) is 25.1 Å². The van der Waals surface area contributed by atoms with Crippen LogP contribution in [0.4, 0.5) is 0 Å². The van der Waals surface area contributed by atoms with Crippen LogP contribution in [0, 0.1) is 11.8 Å². The molecule has 3 rings (SSSR count). The van der Waals surface area contributed by atoms with Gasteiger partial charge in [-0.15, -0.1) is 0 Å². The fraction of sp³-hybridized carbons (Fsp3) is 0.400. The van der Waals surface area contributed by atoms with Gasteiger partial charge >= 0.3 is 5.97 Å². The number of carboxylic acid groups (broad SMARTS) is 1. The van der Waals surface area contributed by atoms with Gasteiger partial charge in [-0.3, -0.25) is 14.4 Å². The Bertz CT molecular complexity index is 902. The molecular weight excluding hydrogens is 426 g/mol. The number of hydrogen-bond acceptors (Lipinski definition) is 4. The summed E-state index contributed by atoms with van der Waals surface area (Å²) in [6, 6.07) is 10.6. The molecule has 2 N–H and O–H groups in total. The highest BCUT2D eigenvalue weighted by molar-refractivity contribution is 9.10. The van der Waals surface area contributed by atoms with Crippen molar-refractivity contribution < 1.29 is 14.7 Å². The van der Waals surface area contributed by atoms with Crippen LogP contribution in [0.2, 0.25) is 0 Å². The van der Waals surface area contributed by atoms with Gasteiger partial charge in [0.1, 0.15) is 6.54 Å². The fourth-order valence-electron chi connectivity index (χ4n) is 3.40. The SMILES string of the molecule is O=C(Cn1nc(-c2ccc(Br)cc2)ccc1=O)NCC1CCC(C(=O)O)CC1. The number of aromatic nitrogens is 2. The van der Waals surface area contributed by atoms with Gasteiger partial charge < -0.3 is 10.4 Å². The van der Waals surface area contributed by atoms with Gasteiger partial charge in [-0.25, -0.2) is 4.68 Å². The van der Waals surface area contributed by atoms with Crippen LogP contribution in [0.15, 0.2) is 45.7 Å². The van der Waals surface area contributed by atoms with Crippen molar-refractivity contribution in [3.63, 3.8) is 0 Å². The molecule has 0 radical (unpaired) electrons. The molecule has 1 amide bonds. The fourth-order valence-corrected chi connectivity index (χ4v) is 3.66. The number of hydrogen-bond donors (Lipinski definition) is 2. The molecule has 148 valence electrons. The summed E-state index contributed by atoms with van der Waals surface area (Å²) in [4.78, 5) is 35.3. The van der Waals surface area contributed by atoms with E-state index >= 15 is 0 Å². The van der Waals surface area contributed by atoms with Crippen molar-refractivity contribution >= 4 is 27.8 Å². The van der Waals surface area contributed by atoms with Crippen LogP contribution in [0.25, 0.3) is 11.3 Å². The van der Waals surface area contributed by atoms with E-state index in [1.54, 1.807) is 6.07 Å². The van der Waals surface area contributed by atoms with Crippen molar-refractivity contribution in [3.8, 4) is 11.3 Å². The smallest absolute Gasteiger partial charge is 0.306 e. The largest absolute Gasteiger partial charge is 0.481 e. The van der Waals surface area contributed by atoms with Crippen molar-refractivity contribution in [3.05, 3.63) is 51.2 Å². The molecule has 2 aromatic rings. The topological polar surface area (TPSA) is 101 Å². The lowest BCUT2D eigenvalue weighted by atomic mass is 9.82. The van der Waals surface area contributed by atoms with E-state index < -0.39 is 5.97 Å². The third-order valence-electron chi connectivity index (χ3n) is 5.08. The predicted molar refractivity (Wildman–Crippen MR) is 108 cm³/mol. The second-order valence-corrected chi connectivity index (χ2v) is 8.00. The Labute approximate surface area is 170 Å². The van der Waals surface area contributed by atoms with Crippen molar-refractivity contribution in [2.45, 2.75) is 32.2 Å². The van der Waals surface area contributed by atoms with Crippen molar-refractivity contribution in [2.24, 2.45) is 11.8 Å². The second-order valence-electron chi connectivity index (χ2n) is 7.08. The van der Waals surface area contributed by atoms with Crippen LogP contribution >= 0.6 is 15.9 Å². The first kappa shape index (κ1) is 20.3. The molecule has 0 aliphatic heterocycles. The van der Waals surface area contributed by atoms with Crippen molar-refractivity contribution in [2.75, 3.05) is 6.54 Å². The van der Waals surface area contributed by atoms with E-state index in [1.165, 1.54) is 6.07 Å². The normalized spacial score (nSPS) is 19.2. The maximum absolute atomic E-state index is 12.3. The van der Waals surface area contributed by atoms with Gasteiger partial charge in [0.05, 0.1) is 11.6 Å². The van der Waals surface area contributed by atoms with Gasteiger partial charge in [-0.1, -0.05) is 28.1 Å². The Morgan fingerprint density at radius 3 is 2.43 bits per heavy atom. The highest BCUT2D eigenvalue weighted by Crippen LogP contribution is 2.28. The maximum atomic E-state index is 12.3. The molecule has 28 heavy (non-hydrogen) atoms. The first-order chi connectivity index (χ1) is 13.4. The Kier molecular flexibility index (Phi) is 6.61. The van der Waals surface area contributed by atoms with Gasteiger partial charge in [0.2, 0.25) is 5.91 Å². The average molecular weight is 448 g/mol. The summed E-state index contributed by atoms with van der Waals surface area (Å²) in [6.45, 7) is 0.347. The Morgan fingerprint density at radius 1 is 1.11 bits per heavy atom. The van der Waals surface area contributed by atoms with Crippen LogP contribution in [0.3, 0.4) is 0 Å². The highest BCUT2D eigenvalue weighted by atomic mass is 79.9. The average Bonchev–Trinajstić information content (AvgIpc) is 2.69. The summed E-state index contributed by atoms with van der Waals surface area (Å²) in [5.41, 5.74) is 1.14. The summed E-state index contributed by atoms with van der Waals surface area (Å²) in [5, 5.41) is 16.2. The number of amides is 1. The first-order valence-electron chi connectivity index (χ1n) is 9.26. The number of carbonyl (C=O) groups is 2. The second kappa shape index (κ2) is 9.14. The number of carbonyl (C=O) groups excluding carboxylic acids is 1. The lowest BCUT2D eigenvalue weighted by molar-refractivity contribution is -0.143. The molecule has 0 bridgehead atoms. The molecule has 1 aliphatic carbocycles. The summed E-state index contributed by atoms with van der Waals surface area (Å²) < 4.78 is 2.11. The van der Waals surface area contributed by atoms with Gasteiger partial charge in [0.25, 0.3) is 5.56 Å². The standard InChI is InChI=1S/C20H22BrN3O4/c21-16-7-5-14(6-8-16)17-9-10-19(26)24(23-17)12-18(25)22-11-13-1-3-15(4-2-13)20(27)28/h5-10,13,15H,1-4,11-12H2,(H,22,25)(H,27,28). The van der Waals surface area contributed by atoms with Crippen molar-refractivity contribution in [1.82, 2.24) is 15.1 Å². The number of carboxylic acids is 1. The molecule has 1 heterocycles. The van der Waals surface area contributed by atoms with Gasteiger partial charge in [-0.05, 0) is 49.8 Å². The van der Waals surface area contributed by atoms with Crippen LogP contribution in [-0.2, 0) is 16.1 Å². The predicted octanol–water partition coefficient (Wildman–Crippen LogP) is 2.68. The van der Waals surface area contributed by atoms with Gasteiger partial charge in [-0.2, -0.15) is 5.10 Å². The van der Waals surface area contributed by atoms with E-state index in [0.717, 1.165) is 27.6 Å². The molecule has 1 aromatic carbocycles. The lowest BCUT2D eigenvalue weighted by Crippen LogP contribution is -2.37. The van der Waals surface area contributed by atoms with E-state index in [-0.39, 0.29) is 29.8 Å². The minimum Gasteiger partial charge on any atom is -0.481 e. The summed E-state index contributed by atoms with van der Waals surface area (Å²) in [7, 11) is 0. The number of nitrogens with one attached hydrogen (secondary N) is 1. The minimum atomic E-state index is -0.737. The molecule has 1 fully saturated rings. The van der Waals surface area contributed by atoms with Gasteiger partial charge in [0, 0.05) is 22.6 Å². The number of halogens is 1. The van der Waals surface area contributed by atoms with Gasteiger partial charge in [0.15, 0.2) is 0 Å². The minimum absolute atomic E-state index is 0.145. The Morgan fingerprint density at radius 2 is 1.79 bits per heavy atom. The Hall–Kier alpha value is -2.48. The van der Waals surface area contributed by atoms with E-state index in [9.17, 15) is 14.4 Å². The first-order valence-corrected chi connectivity index (χ1v) is 10.1. The molecule has 0 unspecified atom stereocenters. The molecule has 0 saturated heterocycles. The van der Waals surface area contributed by atoms with Crippen LogP contribution in [-0.4, -0.2) is 33.3 Å². The Balaban J connectivity index is 1.57. The zero-order chi connectivity index (χ0) is 20.1. The van der Waals surface area contributed by atoms with Crippen LogP contribution in [0.5, 0.6) is 0 Å². The zero-order valence-electron chi connectivity index (χ0n) is 15.3.